The molecule has 0 saturated heterocycles. The highest BCUT2D eigenvalue weighted by molar-refractivity contribution is 9.10. The Balaban J connectivity index is 2.33. The van der Waals surface area contributed by atoms with E-state index in [1.165, 1.54) is 17.6 Å². The smallest absolute Gasteiger partial charge is 0.250 e. The highest BCUT2D eigenvalue weighted by Gasteiger charge is 2.07. The fourth-order valence-corrected chi connectivity index (χ4v) is 2.19. The van der Waals surface area contributed by atoms with E-state index in [1.54, 1.807) is 16.8 Å². The van der Waals surface area contributed by atoms with E-state index in [0.717, 1.165) is 15.2 Å². The third-order valence-corrected chi connectivity index (χ3v) is 3.31. The first-order valence-corrected chi connectivity index (χ1v) is 6.12. The summed E-state index contributed by atoms with van der Waals surface area (Å²) < 4.78 is 6.29. The molecule has 0 bridgehead atoms. The van der Waals surface area contributed by atoms with Gasteiger partial charge in [-0.2, -0.15) is 0 Å². The fourth-order valence-electron chi connectivity index (χ4n) is 1.29. The number of hydrogen-bond acceptors (Lipinski definition) is 5. The van der Waals surface area contributed by atoms with Gasteiger partial charge < -0.3 is 9.88 Å². The van der Waals surface area contributed by atoms with Gasteiger partial charge in [-0.3, -0.25) is 4.79 Å². The molecular weight excluding hydrogens is 292 g/mol. The minimum atomic E-state index is -0.0572. The molecule has 0 unspecified atom stereocenters. The normalized spacial score (nSPS) is 10.4. The quantitative estimate of drug-likeness (QED) is 0.934. The van der Waals surface area contributed by atoms with E-state index in [9.17, 15) is 4.79 Å². The zero-order chi connectivity index (χ0) is 11.5. The Morgan fingerprint density at radius 2 is 2.38 bits per heavy atom. The van der Waals surface area contributed by atoms with Gasteiger partial charge in [0.25, 0.3) is 5.56 Å². The van der Waals surface area contributed by atoms with Crippen molar-refractivity contribution < 1.29 is 0 Å². The maximum atomic E-state index is 11.6. The Hall–Kier alpha value is -1.21. The summed E-state index contributed by atoms with van der Waals surface area (Å²) in [4.78, 5) is 11.6. The van der Waals surface area contributed by atoms with Crippen molar-refractivity contribution in [1.29, 1.82) is 0 Å². The summed E-state index contributed by atoms with van der Waals surface area (Å²) in [5.41, 5.74) is 0.714. The Labute approximate surface area is 104 Å². The minimum absolute atomic E-state index is 0.0572. The van der Waals surface area contributed by atoms with Gasteiger partial charge in [-0.05, 0) is 22.0 Å². The number of pyridine rings is 1. The highest BCUT2D eigenvalue weighted by Crippen LogP contribution is 2.17. The van der Waals surface area contributed by atoms with Gasteiger partial charge in [-0.25, -0.2) is 0 Å². The molecule has 0 saturated carbocycles. The molecule has 16 heavy (non-hydrogen) atoms. The topological polar surface area (TPSA) is 59.8 Å². The summed E-state index contributed by atoms with van der Waals surface area (Å²) in [7, 11) is 1.81. The highest BCUT2D eigenvalue weighted by atomic mass is 79.9. The van der Waals surface area contributed by atoms with Crippen molar-refractivity contribution in [3.63, 3.8) is 0 Å². The van der Waals surface area contributed by atoms with Crippen LogP contribution in [0.4, 0.5) is 5.00 Å². The van der Waals surface area contributed by atoms with Gasteiger partial charge in [-0.15, -0.1) is 5.10 Å². The number of halogens is 1. The van der Waals surface area contributed by atoms with Crippen LogP contribution in [0.25, 0.3) is 0 Å². The number of nitrogens with zero attached hydrogens (tertiary/aromatic N) is 3. The van der Waals surface area contributed by atoms with Gasteiger partial charge in [-0.1, -0.05) is 4.49 Å². The van der Waals surface area contributed by atoms with Crippen molar-refractivity contribution in [3.8, 4) is 0 Å². The number of rotatable bonds is 3. The summed E-state index contributed by atoms with van der Waals surface area (Å²) in [5.74, 6) is 0. The van der Waals surface area contributed by atoms with Crippen LogP contribution in [0.15, 0.2) is 27.6 Å². The van der Waals surface area contributed by atoms with Crippen molar-refractivity contribution in [2.24, 2.45) is 0 Å². The number of hydrogen-bond donors (Lipinski definition) is 1. The van der Waals surface area contributed by atoms with E-state index in [-0.39, 0.29) is 5.56 Å². The van der Waals surface area contributed by atoms with Crippen LogP contribution in [-0.2, 0) is 6.54 Å². The summed E-state index contributed by atoms with van der Waals surface area (Å²) in [6.45, 7) is 0.422. The first-order valence-electron chi connectivity index (χ1n) is 4.55. The van der Waals surface area contributed by atoms with E-state index < -0.39 is 0 Å². The van der Waals surface area contributed by atoms with E-state index in [4.69, 9.17) is 0 Å². The summed E-state index contributed by atoms with van der Waals surface area (Å²) in [6.07, 6.45) is 1.74. The molecule has 0 fully saturated rings. The number of aromatic nitrogens is 3. The second-order valence-corrected chi connectivity index (χ2v) is 4.78. The summed E-state index contributed by atoms with van der Waals surface area (Å²) in [6, 6.07) is 3.24. The Kier molecular flexibility index (Phi) is 3.35. The van der Waals surface area contributed by atoms with Gasteiger partial charge in [0.05, 0.1) is 6.54 Å². The zero-order valence-corrected chi connectivity index (χ0v) is 10.9. The third kappa shape index (κ3) is 2.30. The molecule has 2 rings (SSSR count). The van der Waals surface area contributed by atoms with Crippen LogP contribution in [0.5, 0.6) is 0 Å². The van der Waals surface area contributed by atoms with E-state index in [2.05, 4.69) is 30.8 Å². The van der Waals surface area contributed by atoms with Crippen molar-refractivity contribution in [2.75, 3.05) is 12.4 Å². The lowest BCUT2D eigenvalue weighted by Crippen LogP contribution is -2.19. The van der Waals surface area contributed by atoms with Crippen LogP contribution < -0.4 is 10.9 Å². The van der Waals surface area contributed by atoms with Crippen molar-refractivity contribution in [1.82, 2.24) is 14.2 Å². The van der Waals surface area contributed by atoms with Crippen LogP contribution in [0.3, 0.4) is 0 Å². The van der Waals surface area contributed by atoms with Crippen LogP contribution in [0, 0.1) is 0 Å². The predicted molar refractivity (Wildman–Crippen MR) is 67.0 cm³/mol. The molecular formula is C9H9BrN4OS. The second-order valence-electron chi connectivity index (χ2n) is 3.11. The Morgan fingerprint density at radius 1 is 1.56 bits per heavy atom. The molecule has 0 aromatic carbocycles. The number of anilines is 1. The van der Waals surface area contributed by atoms with Crippen LogP contribution in [0.1, 0.15) is 5.69 Å². The molecule has 5 nitrogen and oxygen atoms in total. The molecule has 1 N–H and O–H groups in total. The van der Waals surface area contributed by atoms with Crippen molar-refractivity contribution >= 4 is 32.5 Å². The average molecular weight is 301 g/mol. The third-order valence-electron chi connectivity index (χ3n) is 2.05. The second kappa shape index (κ2) is 4.75. The lowest BCUT2D eigenvalue weighted by Gasteiger charge is -2.04. The van der Waals surface area contributed by atoms with Crippen LogP contribution >= 0.6 is 27.5 Å². The van der Waals surface area contributed by atoms with Gasteiger partial charge in [0.2, 0.25) is 0 Å². The molecule has 0 radical (unpaired) electrons. The molecule has 84 valence electrons. The van der Waals surface area contributed by atoms with E-state index in [0.29, 0.717) is 6.54 Å². The Morgan fingerprint density at radius 3 is 3.12 bits per heavy atom. The first kappa shape index (κ1) is 11.3. The molecule has 0 aliphatic carbocycles. The Bertz CT molecular complexity index is 550. The van der Waals surface area contributed by atoms with Gasteiger partial charge >= 0.3 is 0 Å². The molecule has 0 atom stereocenters. The zero-order valence-electron chi connectivity index (χ0n) is 8.48. The number of nitrogens with one attached hydrogen (secondary N) is 1. The van der Waals surface area contributed by atoms with E-state index >= 15 is 0 Å². The lowest BCUT2D eigenvalue weighted by molar-refractivity contribution is 0.734. The largest absolute Gasteiger partial charge is 0.377 e. The SMILES string of the molecule is CNc1snnc1Cn1cc(Br)ccc1=O. The summed E-state index contributed by atoms with van der Waals surface area (Å²) in [5, 5.41) is 7.86. The standard InChI is InChI=1S/C9H9BrN4OS/c1-11-9-7(12-13-16-9)5-14-4-6(10)2-3-8(14)15/h2-4,11H,5H2,1H3. The summed E-state index contributed by atoms with van der Waals surface area (Å²) >= 11 is 4.61. The van der Waals surface area contributed by atoms with E-state index in [1.807, 2.05) is 7.05 Å². The van der Waals surface area contributed by atoms with Crippen LogP contribution in [-0.4, -0.2) is 21.2 Å². The monoisotopic (exact) mass is 300 g/mol. The molecule has 0 aliphatic rings. The maximum Gasteiger partial charge on any atom is 0.250 e. The lowest BCUT2D eigenvalue weighted by atomic mass is 10.4. The molecule has 2 aromatic rings. The van der Waals surface area contributed by atoms with Crippen molar-refractivity contribution in [3.05, 3.63) is 38.9 Å². The minimum Gasteiger partial charge on any atom is -0.377 e. The van der Waals surface area contributed by atoms with Gasteiger partial charge in [0.15, 0.2) is 0 Å². The van der Waals surface area contributed by atoms with Crippen molar-refractivity contribution in [2.45, 2.75) is 6.54 Å². The molecule has 0 spiro atoms. The molecule has 2 heterocycles. The maximum absolute atomic E-state index is 11.6. The molecule has 0 amide bonds. The first-order chi connectivity index (χ1) is 7.70. The molecule has 0 aliphatic heterocycles. The van der Waals surface area contributed by atoms with Gasteiger partial charge in [0, 0.05) is 35.3 Å². The predicted octanol–water partition coefficient (Wildman–Crippen LogP) is 1.55. The molecule has 2 aromatic heterocycles. The average Bonchev–Trinajstić information content (AvgIpc) is 2.71. The van der Waals surface area contributed by atoms with Gasteiger partial charge in [0.1, 0.15) is 10.7 Å². The van der Waals surface area contributed by atoms with Crippen LogP contribution in [0.2, 0.25) is 0 Å². The fraction of sp³-hybridized carbons (Fsp3) is 0.222. The molecule has 7 heteroatoms.